The van der Waals surface area contributed by atoms with Gasteiger partial charge in [-0.2, -0.15) is 5.10 Å². The van der Waals surface area contributed by atoms with Crippen molar-refractivity contribution < 1.29 is 0 Å². The van der Waals surface area contributed by atoms with Crippen LogP contribution < -0.4 is 5.73 Å². The van der Waals surface area contributed by atoms with E-state index in [1.807, 2.05) is 6.20 Å². The minimum Gasteiger partial charge on any atom is -0.327 e. The number of likely N-dealkylation sites (tertiary alicyclic amines) is 1. The van der Waals surface area contributed by atoms with Gasteiger partial charge in [0, 0.05) is 31.1 Å². The number of nitrogens with zero attached hydrogens (tertiary/aromatic N) is 2. The number of hydrogen-bond acceptors (Lipinski definition) is 3. The molecule has 1 fully saturated rings. The summed E-state index contributed by atoms with van der Waals surface area (Å²) in [6, 6.07) is 6.84. The maximum atomic E-state index is 6.19. The molecule has 0 radical (unpaired) electrons. The Morgan fingerprint density at radius 1 is 1.45 bits per heavy atom. The van der Waals surface area contributed by atoms with Crippen LogP contribution >= 0.6 is 12.4 Å². The smallest absolute Gasteiger partial charge is 0.0653 e. The van der Waals surface area contributed by atoms with E-state index in [4.69, 9.17) is 5.73 Å². The Labute approximate surface area is 126 Å². The van der Waals surface area contributed by atoms with Gasteiger partial charge in [0.25, 0.3) is 0 Å². The summed E-state index contributed by atoms with van der Waals surface area (Å²) in [6.07, 6.45) is 2.95. The molecular weight excluding hydrogens is 272 g/mol. The Bertz CT molecular complexity index is 578. The third kappa shape index (κ3) is 2.97. The highest BCUT2D eigenvalue weighted by atomic mass is 35.5. The lowest BCUT2D eigenvalue weighted by molar-refractivity contribution is 0.0899. The third-order valence-corrected chi connectivity index (χ3v) is 4.30. The zero-order chi connectivity index (χ0) is 13.5. The molecule has 0 spiro atoms. The number of halogens is 1. The molecule has 110 valence electrons. The molecule has 1 aliphatic rings. The minimum absolute atomic E-state index is 0. The number of rotatable bonds is 2. The van der Waals surface area contributed by atoms with E-state index in [1.54, 1.807) is 0 Å². The quantitative estimate of drug-likeness (QED) is 0.895. The van der Waals surface area contributed by atoms with Gasteiger partial charge < -0.3 is 5.73 Å². The summed E-state index contributed by atoms with van der Waals surface area (Å²) in [4.78, 5) is 2.50. The predicted molar refractivity (Wildman–Crippen MR) is 85.0 cm³/mol. The zero-order valence-corrected chi connectivity index (χ0v) is 12.9. The fourth-order valence-corrected chi connectivity index (χ4v) is 2.96. The molecule has 1 aromatic heterocycles. The van der Waals surface area contributed by atoms with Gasteiger partial charge in [-0.05, 0) is 23.5 Å². The van der Waals surface area contributed by atoms with Crippen molar-refractivity contribution in [2.24, 2.45) is 11.1 Å². The number of nitrogens with two attached hydrogens (primary N) is 1. The van der Waals surface area contributed by atoms with Gasteiger partial charge in [0.05, 0.1) is 11.7 Å². The lowest BCUT2D eigenvalue weighted by Crippen LogP contribution is -2.52. The van der Waals surface area contributed by atoms with Crippen LogP contribution in [0.3, 0.4) is 0 Å². The highest BCUT2D eigenvalue weighted by molar-refractivity contribution is 5.85. The van der Waals surface area contributed by atoms with Crippen LogP contribution in [0.15, 0.2) is 24.4 Å². The molecule has 0 aliphatic carbocycles. The molecular formula is C15H23ClN4. The molecule has 20 heavy (non-hydrogen) atoms. The van der Waals surface area contributed by atoms with Crippen LogP contribution in [0.2, 0.25) is 0 Å². The Kier molecular flexibility index (Phi) is 4.37. The first-order valence-corrected chi connectivity index (χ1v) is 6.94. The monoisotopic (exact) mass is 294 g/mol. The van der Waals surface area contributed by atoms with E-state index in [0.29, 0.717) is 6.04 Å². The van der Waals surface area contributed by atoms with E-state index in [0.717, 1.165) is 31.6 Å². The SMILES string of the molecule is CC1(C)CN(Cc2ccc3cn[nH]c3c2)CCC1N.Cl. The van der Waals surface area contributed by atoms with Crippen LogP contribution in [0.25, 0.3) is 10.9 Å². The first-order chi connectivity index (χ1) is 9.04. The van der Waals surface area contributed by atoms with Crippen LogP contribution in [0.4, 0.5) is 0 Å². The number of aromatic nitrogens is 2. The number of piperidine rings is 1. The van der Waals surface area contributed by atoms with E-state index >= 15 is 0 Å². The molecule has 1 aliphatic heterocycles. The Morgan fingerprint density at radius 3 is 3.00 bits per heavy atom. The topological polar surface area (TPSA) is 57.9 Å². The Balaban J connectivity index is 0.00000147. The van der Waals surface area contributed by atoms with Crippen LogP contribution in [0, 0.1) is 5.41 Å². The summed E-state index contributed by atoms with van der Waals surface area (Å²) < 4.78 is 0. The van der Waals surface area contributed by atoms with Gasteiger partial charge in [-0.3, -0.25) is 10.00 Å². The van der Waals surface area contributed by atoms with E-state index in [9.17, 15) is 0 Å². The van der Waals surface area contributed by atoms with Gasteiger partial charge in [0.15, 0.2) is 0 Å². The van der Waals surface area contributed by atoms with Gasteiger partial charge in [-0.25, -0.2) is 0 Å². The average Bonchev–Trinajstić information content (AvgIpc) is 2.81. The number of hydrogen-bond donors (Lipinski definition) is 2. The molecule has 4 nitrogen and oxygen atoms in total. The third-order valence-electron chi connectivity index (χ3n) is 4.30. The van der Waals surface area contributed by atoms with Crippen LogP contribution in [-0.2, 0) is 6.54 Å². The molecule has 2 heterocycles. The van der Waals surface area contributed by atoms with Crippen molar-refractivity contribution in [2.75, 3.05) is 13.1 Å². The van der Waals surface area contributed by atoms with E-state index < -0.39 is 0 Å². The molecule has 1 saturated heterocycles. The predicted octanol–water partition coefficient (Wildman–Crippen LogP) is 2.54. The van der Waals surface area contributed by atoms with E-state index in [2.05, 4.69) is 47.1 Å². The number of benzene rings is 1. The molecule has 0 bridgehead atoms. The fraction of sp³-hybridized carbons (Fsp3) is 0.533. The number of aromatic amines is 1. The summed E-state index contributed by atoms with van der Waals surface area (Å²) in [6.45, 7) is 7.68. The lowest BCUT2D eigenvalue weighted by Gasteiger charge is -2.42. The van der Waals surface area contributed by atoms with Crippen LogP contribution in [-0.4, -0.2) is 34.2 Å². The molecule has 3 rings (SSSR count). The van der Waals surface area contributed by atoms with Crippen LogP contribution in [0.5, 0.6) is 0 Å². The lowest BCUT2D eigenvalue weighted by atomic mass is 9.79. The molecule has 0 saturated carbocycles. The number of fused-ring (bicyclic) bond motifs is 1. The second-order valence-electron chi connectivity index (χ2n) is 6.39. The van der Waals surface area contributed by atoms with Crippen LogP contribution in [0.1, 0.15) is 25.8 Å². The molecule has 1 atom stereocenters. The summed E-state index contributed by atoms with van der Waals surface area (Å²) in [5.74, 6) is 0. The van der Waals surface area contributed by atoms with Crippen molar-refractivity contribution in [3.8, 4) is 0 Å². The minimum atomic E-state index is 0. The first kappa shape index (κ1) is 15.3. The van der Waals surface area contributed by atoms with Crippen molar-refractivity contribution in [2.45, 2.75) is 32.9 Å². The Hall–Kier alpha value is -1.10. The average molecular weight is 295 g/mol. The van der Waals surface area contributed by atoms with Gasteiger partial charge in [0.1, 0.15) is 0 Å². The highest BCUT2D eigenvalue weighted by Crippen LogP contribution is 2.28. The van der Waals surface area contributed by atoms with Crippen molar-refractivity contribution in [1.82, 2.24) is 15.1 Å². The second kappa shape index (κ2) is 5.72. The van der Waals surface area contributed by atoms with Gasteiger partial charge in [-0.15, -0.1) is 12.4 Å². The standard InChI is InChI=1S/C15H22N4.ClH/c1-15(2)10-19(6-5-14(15)16)9-11-3-4-12-8-17-18-13(12)7-11;/h3-4,7-8,14H,5-6,9-10,16H2,1-2H3,(H,17,18);1H. The maximum Gasteiger partial charge on any atom is 0.0653 e. The molecule has 0 amide bonds. The van der Waals surface area contributed by atoms with Gasteiger partial charge in [-0.1, -0.05) is 26.0 Å². The summed E-state index contributed by atoms with van der Waals surface area (Å²) >= 11 is 0. The molecule has 3 N–H and O–H groups in total. The van der Waals surface area contributed by atoms with E-state index in [-0.39, 0.29) is 17.8 Å². The van der Waals surface area contributed by atoms with E-state index in [1.165, 1.54) is 10.9 Å². The van der Waals surface area contributed by atoms with Gasteiger partial charge in [0.2, 0.25) is 0 Å². The van der Waals surface area contributed by atoms with Crippen molar-refractivity contribution in [3.63, 3.8) is 0 Å². The molecule has 5 heteroatoms. The number of H-pyrrole nitrogens is 1. The van der Waals surface area contributed by atoms with Crippen molar-refractivity contribution >= 4 is 23.3 Å². The zero-order valence-electron chi connectivity index (χ0n) is 12.1. The summed E-state index contributed by atoms with van der Waals surface area (Å²) in [7, 11) is 0. The summed E-state index contributed by atoms with van der Waals surface area (Å²) in [5.41, 5.74) is 8.85. The van der Waals surface area contributed by atoms with Gasteiger partial charge >= 0.3 is 0 Å². The Morgan fingerprint density at radius 2 is 2.25 bits per heavy atom. The normalized spacial score (nSPS) is 22.6. The second-order valence-corrected chi connectivity index (χ2v) is 6.39. The highest BCUT2D eigenvalue weighted by Gasteiger charge is 2.33. The van der Waals surface area contributed by atoms with Crippen molar-refractivity contribution in [1.29, 1.82) is 0 Å². The number of nitrogens with one attached hydrogen (secondary N) is 1. The molecule has 2 aromatic rings. The fourth-order valence-electron chi connectivity index (χ4n) is 2.96. The summed E-state index contributed by atoms with van der Waals surface area (Å²) in [5, 5.41) is 8.27. The largest absolute Gasteiger partial charge is 0.327 e. The maximum absolute atomic E-state index is 6.19. The van der Waals surface area contributed by atoms with Crippen molar-refractivity contribution in [3.05, 3.63) is 30.0 Å². The molecule has 1 aromatic carbocycles. The molecule has 1 unspecified atom stereocenters. The first-order valence-electron chi connectivity index (χ1n) is 6.94.